The lowest BCUT2D eigenvalue weighted by molar-refractivity contribution is -0.274. The van der Waals surface area contributed by atoms with E-state index in [0.29, 0.717) is 24.2 Å². The van der Waals surface area contributed by atoms with Crippen LogP contribution in [0.15, 0.2) is 30.6 Å². The molecule has 0 radical (unpaired) electrons. The van der Waals surface area contributed by atoms with Crippen molar-refractivity contribution in [2.24, 2.45) is 0 Å². The number of carbonyl (C=O) groups excluding carboxylic acids is 2. The Morgan fingerprint density at radius 2 is 1.79 bits per heavy atom. The number of hydrogen-bond acceptors (Lipinski definition) is 6. The van der Waals surface area contributed by atoms with Gasteiger partial charge in [-0.05, 0) is 54.9 Å². The van der Waals surface area contributed by atoms with Gasteiger partial charge in [-0.25, -0.2) is 9.97 Å². The summed E-state index contributed by atoms with van der Waals surface area (Å²) in [5.41, 5.74) is 1.73. The van der Waals surface area contributed by atoms with Crippen LogP contribution in [0.25, 0.3) is 0 Å². The third-order valence-corrected chi connectivity index (χ3v) is 5.80. The molecule has 2 amide bonds. The van der Waals surface area contributed by atoms with E-state index in [4.69, 9.17) is 0 Å². The monoisotopic (exact) mass is 479 g/mol. The Bertz CT molecular complexity index is 1050. The van der Waals surface area contributed by atoms with Gasteiger partial charge in [-0.2, -0.15) is 0 Å². The van der Waals surface area contributed by atoms with Crippen LogP contribution in [0, 0.1) is 0 Å². The van der Waals surface area contributed by atoms with Gasteiger partial charge in [-0.1, -0.05) is 6.07 Å². The summed E-state index contributed by atoms with van der Waals surface area (Å²) in [5, 5.41) is 2.98. The molecule has 1 saturated heterocycles. The zero-order valence-electron chi connectivity index (χ0n) is 18.8. The predicted molar refractivity (Wildman–Crippen MR) is 119 cm³/mol. The molecule has 1 N–H and O–H groups in total. The second kappa shape index (κ2) is 9.86. The van der Waals surface area contributed by atoms with Gasteiger partial charge in [0, 0.05) is 40.4 Å². The molecule has 8 nitrogen and oxygen atoms in total. The van der Waals surface area contributed by atoms with Crippen LogP contribution in [0.5, 0.6) is 5.75 Å². The second-order valence-electron chi connectivity index (χ2n) is 8.58. The molecule has 0 spiro atoms. The average molecular weight is 480 g/mol. The number of aromatic nitrogens is 2. The van der Waals surface area contributed by atoms with Crippen LogP contribution < -0.4 is 10.1 Å². The van der Waals surface area contributed by atoms with Gasteiger partial charge in [0.2, 0.25) is 11.9 Å². The summed E-state index contributed by atoms with van der Waals surface area (Å²) in [4.78, 5) is 36.2. The Morgan fingerprint density at radius 3 is 2.41 bits per heavy atom. The fraction of sp³-hybridized carbons (Fsp3) is 0.478. The number of benzene rings is 1. The third-order valence-electron chi connectivity index (χ3n) is 5.80. The van der Waals surface area contributed by atoms with E-state index in [1.807, 2.05) is 6.07 Å². The van der Waals surface area contributed by atoms with E-state index in [0.717, 1.165) is 31.2 Å². The van der Waals surface area contributed by atoms with Crippen molar-refractivity contribution in [3.05, 3.63) is 47.3 Å². The van der Waals surface area contributed by atoms with Crippen LogP contribution in [0.4, 0.5) is 19.1 Å². The molecule has 2 aliphatic rings. The molecule has 1 aromatic heterocycles. The molecule has 184 valence electrons. The molecule has 1 saturated carbocycles. The minimum atomic E-state index is -4.76. The summed E-state index contributed by atoms with van der Waals surface area (Å²) in [6.45, 7) is 3.07. The van der Waals surface area contributed by atoms with Crippen molar-refractivity contribution in [3.63, 3.8) is 0 Å². The number of anilines is 1. The highest BCUT2D eigenvalue weighted by molar-refractivity contribution is 5.94. The molecule has 11 heteroatoms. The van der Waals surface area contributed by atoms with E-state index in [2.05, 4.69) is 20.0 Å². The van der Waals surface area contributed by atoms with Gasteiger partial charge in [0.15, 0.2) is 0 Å². The number of rotatable bonds is 6. The molecule has 2 aromatic rings. The topological polar surface area (TPSA) is 87.7 Å². The zero-order chi connectivity index (χ0) is 24.3. The van der Waals surface area contributed by atoms with E-state index >= 15 is 0 Å². The Kier molecular flexibility index (Phi) is 6.90. The van der Waals surface area contributed by atoms with Crippen molar-refractivity contribution in [2.75, 3.05) is 25.1 Å². The molecule has 2 fully saturated rings. The number of amides is 2. The second-order valence-corrected chi connectivity index (χ2v) is 8.58. The van der Waals surface area contributed by atoms with Crippen molar-refractivity contribution >= 4 is 17.8 Å². The quantitative estimate of drug-likeness (QED) is 0.670. The number of ether oxygens (including phenoxy) is 1. The van der Waals surface area contributed by atoms with Gasteiger partial charge in [-0.3, -0.25) is 9.59 Å². The van der Waals surface area contributed by atoms with Crippen LogP contribution in [0.2, 0.25) is 0 Å². The lowest BCUT2D eigenvalue weighted by Crippen LogP contribution is -2.42. The molecule has 1 aliphatic carbocycles. The number of hydrogen-bond donors (Lipinski definition) is 1. The third kappa shape index (κ3) is 6.36. The van der Waals surface area contributed by atoms with Crippen LogP contribution in [-0.2, 0) is 11.3 Å². The van der Waals surface area contributed by atoms with Gasteiger partial charge in [0.1, 0.15) is 5.75 Å². The normalized spacial score (nSPS) is 16.7. The molecule has 0 bridgehead atoms. The fourth-order valence-corrected chi connectivity index (χ4v) is 3.90. The van der Waals surface area contributed by atoms with E-state index < -0.39 is 6.36 Å². The van der Waals surface area contributed by atoms with Crippen LogP contribution in [0.3, 0.4) is 0 Å². The molecule has 0 atom stereocenters. The van der Waals surface area contributed by atoms with Gasteiger partial charge < -0.3 is 19.9 Å². The van der Waals surface area contributed by atoms with Crippen LogP contribution >= 0.6 is 0 Å². The molecule has 1 aliphatic heterocycles. The number of alkyl halides is 3. The number of nitrogens with zero attached hydrogens (tertiary/aromatic N) is 4. The molecule has 4 rings (SSSR count). The van der Waals surface area contributed by atoms with Crippen molar-refractivity contribution in [1.82, 2.24) is 19.8 Å². The van der Waals surface area contributed by atoms with Gasteiger partial charge >= 0.3 is 6.36 Å². The first-order chi connectivity index (χ1) is 16.2. The first kappa shape index (κ1) is 23.8. The smallest absolute Gasteiger partial charge is 0.406 e. The van der Waals surface area contributed by atoms with Crippen molar-refractivity contribution in [1.29, 1.82) is 0 Å². The van der Waals surface area contributed by atoms with Crippen molar-refractivity contribution in [2.45, 2.75) is 51.4 Å². The van der Waals surface area contributed by atoms with E-state index in [1.54, 1.807) is 9.80 Å². The number of halogens is 3. The van der Waals surface area contributed by atoms with Gasteiger partial charge in [0.25, 0.3) is 5.91 Å². The maximum Gasteiger partial charge on any atom is 0.573 e. The molecular formula is C23H28F3N5O3. The largest absolute Gasteiger partial charge is 0.573 e. The van der Waals surface area contributed by atoms with Crippen molar-refractivity contribution in [3.8, 4) is 5.75 Å². The summed E-state index contributed by atoms with van der Waals surface area (Å²) in [6.07, 6.45) is 1.58. The molecule has 0 unspecified atom stereocenters. The van der Waals surface area contributed by atoms with Crippen LogP contribution in [0.1, 0.15) is 61.4 Å². The minimum absolute atomic E-state index is 0. The van der Waals surface area contributed by atoms with E-state index in [-0.39, 0.29) is 44.1 Å². The van der Waals surface area contributed by atoms with E-state index in [9.17, 15) is 22.8 Å². The SMILES string of the molecule is CC(=O)N1CCCCN(C(=O)c2cnc(NCc3cc(OC(F)(F)F)cc(C4CC4)c3)nc2)C1.[HH]. The Balaban J connectivity index is 0.00000342. The molecule has 2 heterocycles. The Labute approximate surface area is 196 Å². The molecule has 1 aromatic carbocycles. The number of carbonyl (C=O) groups is 2. The Morgan fingerprint density at radius 1 is 1.12 bits per heavy atom. The minimum Gasteiger partial charge on any atom is -0.406 e. The highest BCUT2D eigenvalue weighted by atomic mass is 19.4. The summed E-state index contributed by atoms with van der Waals surface area (Å²) in [5.74, 6) is -0.0775. The molecule has 34 heavy (non-hydrogen) atoms. The fourth-order valence-electron chi connectivity index (χ4n) is 3.90. The van der Waals surface area contributed by atoms with Gasteiger partial charge in [0.05, 0.1) is 12.2 Å². The van der Waals surface area contributed by atoms with E-state index in [1.165, 1.54) is 31.5 Å². The summed E-state index contributed by atoms with van der Waals surface area (Å²) >= 11 is 0. The molecular weight excluding hydrogens is 451 g/mol. The number of nitrogens with one attached hydrogen (secondary N) is 1. The predicted octanol–water partition coefficient (Wildman–Crippen LogP) is 4.15. The highest BCUT2D eigenvalue weighted by Gasteiger charge is 2.32. The lowest BCUT2D eigenvalue weighted by Gasteiger charge is -2.26. The average Bonchev–Trinajstić information content (AvgIpc) is 3.63. The first-order valence-corrected chi connectivity index (χ1v) is 11.2. The standard InChI is InChI=1S/C23H26F3N5O3.H2/c1-15(32)30-6-2-3-7-31(14-30)21(33)19-12-28-22(29-13-19)27-11-16-8-18(17-4-5-17)10-20(9-16)34-23(24,25)26;/h8-10,12-13,17H,2-7,11,14H2,1H3,(H,27,28,29);1H. The maximum atomic E-state index is 12.9. The maximum absolute atomic E-state index is 12.9. The zero-order valence-corrected chi connectivity index (χ0v) is 18.8. The first-order valence-electron chi connectivity index (χ1n) is 11.2. The summed E-state index contributed by atoms with van der Waals surface area (Å²) in [7, 11) is 0. The lowest BCUT2D eigenvalue weighted by atomic mass is 10.1. The summed E-state index contributed by atoms with van der Waals surface area (Å²) < 4.78 is 42.2. The van der Waals surface area contributed by atoms with Crippen molar-refractivity contribution < 1.29 is 28.9 Å². The highest BCUT2D eigenvalue weighted by Crippen LogP contribution is 2.42. The van der Waals surface area contributed by atoms with Crippen LogP contribution in [-0.4, -0.2) is 57.7 Å². The Hall–Kier alpha value is -3.37. The van der Waals surface area contributed by atoms with Gasteiger partial charge in [-0.15, -0.1) is 13.2 Å². The summed E-state index contributed by atoms with van der Waals surface area (Å²) in [6, 6.07) is 4.62.